The smallest absolute Gasteiger partial charge is 0.0795 e. The third-order valence-electron chi connectivity index (χ3n) is 1.13. The highest BCUT2D eigenvalue weighted by Crippen LogP contribution is 2.14. The molecule has 0 aliphatic rings. The van der Waals surface area contributed by atoms with Crippen LogP contribution >= 0.6 is 11.6 Å². The zero-order valence-electron chi connectivity index (χ0n) is 6.63. The second-order valence-electron chi connectivity index (χ2n) is 1.88. The van der Waals surface area contributed by atoms with Gasteiger partial charge in [-0.15, -0.1) is 0 Å². The standard InChI is InChI=1S/C8H7Cl.C2H3F/c1-2-7-5-3-4-6-8(7)9;1-2-3/h2-6H,1H2;2H,1H2. The van der Waals surface area contributed by atoms with Crippen LogP contribution in [0.5, 0.6) is 0 Å². The van der Waals surface area contributed by atoms with E-state index in [0.29, 0.717) is 0 Å². The Labute approximate surface area is 77.0 Å². The molecule has 0 N–H and O–H groups in total. The molecule has 0 aromatic heterocycles. The zero-order chi connectivity index (χ0) is 9.40. The maximum absolute atomic E-state index is 10.1. The van der Waals surface area contributed by atoms with Gasteiger partial charge in [-0.25, -0.2) is 4.39 Å². The van der Waals surface area contributed by atoms with Gasteiger partial charge in [-0.3, -0.25) is 0 Å². The molecule has 1 aromatic rings. The van der Waals surface area contributed by atoms with E-state index in [9.17, 15) is 4.39 Å². The van der Waals surface area contributed by atoms with E-state index in [1.165, 1.54) is 0 Å². The molecule has 0 bridgehead atoms. The minimum absolute atomic E-state index is 0.250. The van der Waals surface area contributed by atoms with Crippen molar-refractivity contribution in [3.63, 3.8) is 0 Å². The highest BCUT2D eigenvalue weighted by molar-refractivity contribution is 6.32. The molecular weight excluding hydrogens is 175 g/mol. The van der Waals surface area contributed by atoms with Crippen molar-refractivity contribution in [3.8, 4) is 0 Å². The van der Waals surface area contributed by atoms with Crippen LogP contribution in [-0.2, 0) is 0 Å². The van der Waals surface area contributed by atoms with Crippen molar-refractivity contribution in [1.82, 2.24) is 0 Å². The molecule has 0 amide bonds. The van der Waals surface area contributed by atoms with Crippen LogP contribution in [0.4, 0.5) is 4.39 Å². The first-order valence-electron chi connectivity index (χ1n) is 3.34. The largest absolute Gasteiger partial charge is 0.216 e. The van der Waals surface area contributed by atoms with E-state index in [4.69, 9.17) is 11.6 Å². The number of hydrogen-bond acceptors (Lipinski definition) is 0. The van der Waals surface area contributed by atoms with Gasteiger partial charge in [0.1, 0.15) is 0 Å². The van der Waals surface area contributed by atoms with E-state index in [2.05, 4.69) is 13.2 Å². The fourth-order valence-corrected chi connectivity index (χ4v) is 0.854. The van der Waals surface area contributed by atoms with E-state index >= 15 is 0 Å². The van der Waals surface area contributed by atoms with E-state index in [1.807, 2.05) is 24.3 Å². The topological polar surface area (TPSA) is 0 Å². The minimum atomic E-state index is 0.250. The summed E-state index contributed by atoms with van der Waals surface area (Å²) in [5.41, 5.74) is 0.985. The summed E-state index contributed by atoms with van der Waals surface area (Å²) in [5, 5.41) is 0.757. The molecule has 0 atom stereocenters. The van der Waals surface area contributed by atoms with Crippen LogP contribution in [0.15, 0.2) is 43.8 Å². The van der Waals surface area contributed by atoms with Crippen molar-refractivity contribution in [2.75, 3.05) is 0 Å². The van der Waals surface area contributed by atoms with Crippen LogP contribution in [0, 0.1) is 0 Å². The Balaban J connectivity index is 0.000000354. The normalized spacial score (nSPS) is 7.83. The average molecular weight is 185 g/mol. The average Bonchev–Trinajstić information content (AvgIpc) is 2.07. The fraction of sp³-hybridized carbons (Fsp3) is 0. The summed E-state index contributed by atoms with van der Waals surface area (Å²) in [5.74, 6) is 0. The van der Waals surface area contributed by atoms with Gasteiger partial charge in [0.05, 0.1) is 6.33 Å². The van der Waals surface area contributed by atoms with Crippen molar-refractivity contribution in [1.29, 1.82) is 0 Å². The summed E-state index contributed by atoms with van der Waals surface area (Å²) >= 11 is 5.75. The van der Waals surface area contributed by atoms with Crippen molar-refractivity contribution in [2.24, 2.45) is 0 Å². The highest BCUT2D eigenvalue weighted by Gasteiger charge is 1.89. The molecule has 1 aromatic carbocycles. The van der Waals surface area contributed by atoms with E-state index in [1.54, 1.807) is 6.08 Å². The summed E-state index contributed by atoms with van der Waals surface area (Å²) in [6, 6.07) is 7.60. The molecule has 1 rings (SSSR count). The third kappa shape index (κ3) is 3.94. The molecule has 0 nitrogen and oxygen atoms in total. The van der Waals surface area contributed by atoms with Crippen molar-refractivity contribution in [3.05, 3.63) is 54.3 Å². The molecule has 0 aliphatic carbocycles. The molecule has 64 valence electrons. The van der Waals surface area contributed by atoms with E-state index in [0.717, 1.165) is 10.6 Å². The number of halogens is 2. The third-order valence-corrected chi connectivity index (χ3v) is 1.47. The summed E-state index contributed by atoms with van der Waals surface area (Å²) in [7, 11) is 0. The van der Waals surface area contributed by atoms with E-state index < -0.39 is 0 Å². The van der Waals surface area contributed by atoms with Crippen LogP contribution in [0.25, 0.3) is 6.08 Å². The lowest BCUT2D eigenvalue weighted by atomic mass is 10.2. The number of hydrogen-bond donors (Lipinski definition) is 0. The minimum Gasteiger partial charge on any atom is -0.216 e. The molecule has 2 heteroatoms. The van der Waals surface area contributed by atoms with Crippen LogP contribution < -0.4 is 0 Å². The molecule has 0 saturated heterocycles. The van der Waals surface area contributed by atoms with Gasteiger partial charge in [-0.2, -0.15) is 0 Å². The summed E-state index contributed by atoms with van der Waals surface area (Å²) in [6.07, 6.45) is 1.99. The van der Waals surface area contributed by atoms with Gasteiger partial charge in [0.15, 0.2) is 0 Å². The molecule has 0 fully saturated rings. The Kier molecular flexibility index (Phi) is 6.02. The van der Waals surface area contributed by atoms with Crippen LogP contribution in [-0.4, -0.2) is 0 Å². The molecule has 0 aliphatic heterocycles. The molecule has 0 radical (unpaired) electrons. The molecular formula is C10H10ClF. The maximum atomic E-state index is 10.1. The lowest BCUT2D eigenvalue weighted by Gasteiger charge is -1.92. The summed E-state index contributed by atoms with van der Waals surface area (Å²) in [6.45, 7) is 6.30. The van der Waals surface area contributed by atoms with Gasteiger partial charge in [0, 0.05) is 5.02 Å². The predicted octanol–water partition coefficient (Wildman–Crippen LogP) is 4.08. The van der Waals surface area contributed by atoms with Crippen LogP contribution in [0.3, 0.4) is 0 Å². The van der Waals surface area contributed by atoms with Crippen molar-refractivity contribution in [2.45, 2.75) is 0 Å². The summed E-state index contributed by atoms with van der Waals surface area (Å²) < 4.78 is 10.1. The Morgan fingerprint density at radius 3 is 2.08 bits per heavy atom. The Morgan fingerprint density at radius 1 is 1.25 bits per heavy atom. The SMILES string of the molecule is C=CF.C=Cc1ccccc1Cl. The van der Waals surface area contributed by atoms with Gasteiger partial charge in [0.25, 0.3) is 0 Å². The Morgan fingerprint density at radius 2 is 1.75 bits per heavy atom. The number of benzene rings is 1. The number of rotatable bonds is 1. The van der Waals surface area contributed by atoms with Gasteiger partial charge < -0.3 is 0 Å². The first kappa shape index (κ1) is 10.9. The lowest BCUT2D eigenvalue weighted by Crippen LogP contribution is -1.69. The molecule has 12 heavy (non-hydrogen) atoms. The predicted molar refractivity (Wildman–Crippen MR) is 52.8 cm³/mol. The Hall–Kier alpha value is -1.08. The zero-order valence-corrected chi connectivity index (χ0v) is 7.39. The van der Waals surface area contributed by atoms with Crippen LogP contribution in [0.1, 0.15) is 5.56 Å². The molecule has 0 unspecified atom stereocenters. The quantitative estimate of drug-likeness (QED) is 0.617. The summed E-state index contributed by atoms with van der Waals surface area (Å²) in [4.78, 5) is 0. The van der Waals surface area contributed by atoms with Crippen molar-refractivity contribution >= 4 is 17.7 Å². The van der Waals surface area contributed by atoms with Gasteiger partial charge >= 0.3 is 0 Å². The monoisotopic (exact) mass is 184 g/mol. The van der Waals surface area contributed by atoms with Gasteiger partial charge in [0.2, 0.25) is 0 Å². The maximum Gasteiger partial charge on any atom is 0.0795 e. The first-order valence-corrected chi connectivity index (χ1v) is 3.72. The van der Waals surface area contributed by atoms with Gasteiger partial charge in [-0.05, 0) is 11.6 Å². The highest BCUT2D eigenvalue weighted by atomic mass is 35.5. The molecule has 0 spiro atoms. The van der Waals surface area contributed by atoms with Crippen molar-refractivity contribution < 1.29 is 4.39 Å². The second-order valence-corrected chi connectivity index (χ2v) is 2.29. The van der Waals surface area contributed by atoms with Gasteiger partial charge in [-0.1, -0.05) is 49.0 Å². The molecule has 0 heterocycles. The van der Waals surface area contributed by atoms with E-state index in [-0.39, 0.29) is 6.33 Å². The van der Waals surface area contributed by atoms with Crippen LogP contribution in [0.2, 0.25) is 5.02 Å². The second kappa shape index (κ2) is 6.62. The Bertz CT molecular complexity index is 256. The first-order chi connectivity index (χ1) is 5.76. The molecule has 0 saturated carbocycles. The fourth-order valence-electron chi connectivity index (χ4n) is 0.641. The lowest BCUT2D eigenvalue weighted by molar-refractivity contribution is 0.725.